The molecule has 1 aromatic carbocycles. The van der Waals surface area contributed by atoms with Crippen LogP contribution in [0, 0.1) is 11.3 Å². The lowest BCUT2D eigenvalue weighted by molar-refractivity contribution is 0.894. The third kappa shape index (κ3) is 2.50. The predicted molar refractivity (Wildman–Crippen MR) is 84.9 cm³/mol. The van der Waals surface area contributed by atoms with Gasteiger partial charge in [-0.1, -0.05) is 0 Å². The van der Waals surface area contributed by atoms with E-state index in [1.807, 2.05) is 0 Å². The van der Waals surface area contributed by atoms with E-state index in [0.717, 1.165) is 5.69 Å². The second-order valence-corrected chi connectivity index (χ2v) is 4.73. The lowest BCUT2D eigenvalue weighted by atomic mass is 10.2. The number of nitrogens with one attached hydrogen (secondary N) is 2. The molecule has 0 spiro atoms. The summed E-state index contributed by atoms with van der Waals surface area (Å²) in [6.45, 7) is 0. The van der Waals surface area contributed by atoms with Gasteiger partial charge in [0, 0.05) is 0 Å². The minimum atomic E-state index is 0.103. The van der Waals surface area contributed by atoms with Crippen molar-refractivity contribution in [3.05, 3.63) is 42.4 Å². The summed E-state index contributed by atoms with van der Waals surface area (Å²) in [6, 6.07) is 9.11. The first-order chi connectivity index (χ1) is 10.7. The first-order valence-corrected chi connectivity index (χ1v) is 6.60. The largest absolute Gasteiger partial charge is 0.375 e. The van der Waals surface area contributed by atoms with Gasteiger partial charge in [-0.25, -0.2) is 14.6 Å². The Morgan fingerprint density at radius 2 is 2.05 bits per heavy atom. The van der Waals surface area contributed by atoms with Crippen molar-refractivity contribution in [2.45, 2.75) is 0 Å². The quantitative estimate of drug-likeness (QED) is 0.481. The van der Waals surface area contributed by atoms with Crippen molar-refractivity contribution in [1.82, 2.24) is 25.2 Å². The highest BCUT2D eigenvalue weighted by Gasteiger charge is 2.11. The third-order valence-corrected chi connectivity index (χ3v) is 3.01. The summed E-state index contributed by atoms with van der Waals surface area (Å²) in [5, 5.41) is 14.0. The molecule has 0 aliphatic rings. The Morgan fingerprint density at radius 1 is 1.27 bits per heavy atom. The van der Waals surface area contributed by atoms with E-state index in [-0.39, 0.29) is 5.11 Å². The molecule has 0 aliphatic carbocycles. The van der Waals surface area contributed by atoms with Crippen molar-refractivity contribution in [2.24, 2.45) is 5.73 Å². The Kier molecular flexibility index (Phi) is 3.51. The Labute approximate surface area is 130 Å². The molecule has 0 bridgehead atoms. The lowest BCUT2D eigenvalue weighted by Crippen LogP contribution is -2.34. The maximum atomic E-state index is 8.84. The molecule has 0 aliphatic heterocycles. The molecule has 0 unspecified atom stereocenters. The smallest absolute Gasteiger partial charge is 0.182 e. The molecule has 8 nitrogen and oxygen atoms in total. The van der Waals surface area contributed by atoms with Gasteiger partial charge in [0.1, 0.15) is 6.33 Å². The van der Waals surface area contributed by atoms with Crippen LogP contribution in [0.2, 0.25) is 0 Å². The number of benzene rings is 1. The van der Waals surface area contributed by atoms with Gasteiger partial charge in [0.05, 0.1) is 28.9 Å². The number of fused-ring (bicyclic) bond motifs is 1. The number of thiocarbonyl (C=S) groups is 1. The van der Waals surface area contributed by atoms with Crippen LogP contribution in [0.25, 0.3) is 16.7 Å². The molecule has 0 saturated carbocycles. The van der Waals surface area contributed by atoms with Gasteiger partial charge in [0.25, 0.3) is 0 Å². The molecule has 0 saturated heterocycles. The van der Waals surface area contributed by atoms with Crippen LogP contribution in [-0.4, -0.2) is 24.9 Å². The Morgan fingerprint density at radius 3 is 2.73 bits per heavy atom. The normalized spacial score (nSPS) is 10.1. The second kappa shape index (κ2) is 5.63. The average molecular weight is 310 g/mol. The molecule has 22 heavy (non-hydrogen) atoms. The van der Waals surface area contributed by atoms with Crippen molar-refractivity contribution in [3.8, 4) is 11.8 Å². The minimum Gasteiger partial charge on any atom is -0.375 e. The van der Waals surface area contributed by atoms with Gasteiger partial charge in [-0.2, -0.15) is 10.4 Å². The van der Waals surface area contributed by atoms with E-state index in [1.165, 1.54) is 6.33 Å². The summed E-state index contributed by atoms with van der Waals surface area (Å²) < 4.78 is 1.66. The van der Waals surface area contributed by atoms with Gasteiger partial charge in [0.15, 0.2) is 16.6 Å². The van der Waals surface area contributed by atoms with Crippen molar-refractivity contribution in [3.63, 3.8) is 0 Å². The van der Waals surface area contributed by atoms with Crippen LogP contribution in [0.1, 0.15) is 5.56 Å². The van der Waals surface area contributed by atoms with Gasteiger partial charge in [-0.05, 0) is 36.5 Å². The molecule has 0 atom stereocenters. The number of anilines is 1. The SMILES string of the molecule is N#Cc1ccc(-n2ncc3c(NNC(N)=S)ncnc32)cc1. The van der Waals surface area contributed by atoms with E-state index in [2.05, 4.69) is 32.0 Å². The summed E-state index contributed by atoms with van der Waals surface area (Å²) in [7, 11) is 0. The Bertz CT molecular complexity index is 877. The molecule has 108 valence electrons. The van der Waals surface area contributed by atoms with Gasteiger partial charge in [-0.15, -0.1) is 0 Å². The zero-order chi connectivity index (χ0) is 15.5. The zero-order valence-electron chi connectivity index (χ0n) is 11.2. The maximum absolute atomic E-state index is 8.84. The Balaban J connectivity index is 2.03. The predicted octanol–water partition coefficient (Wildman–Crippen LogP) is 0.847. The van der Waals surface area contributed by atoms with Crippen LogP contribution in [0.4, 0.5) is 5.82 Å². The van der Waals surface area contributed by atoms with E-state index in [0.29, 0.717) is 22.4 Å². The highest BCUT2D eigenvalue weighted by atomic mass is 32.1. The maximum Gasteiger partial charge on any atom is 0.182 e. The molecule has 0 fully saturated rings. The number of hydrogen-bond acceptors (Lipinski definition) is 6. The number of hydrazine groups is 1. The van der Waals surface area contributed by atoms with Crippen LogP contribution < -0.4 is 16.6 Å². The number of nitrogens with two attached hydrogens (primary N) is 1. The van der Waals surface area contributed by atoms with Gasteiger partial charge >= 0.3 is 0 Å². The highest BCUT2D eigenvalue weighted by Crippen LogP contribution is 2.21. The number of nitriles is 1. The Hall–Kier alpha value is -3.25. The summed E-state index contributed by atoms with van der Waals surface area (Å²) in [6.07, 6.45) is 3.05. The highest BCUT2D eigenvalue weighted by molar-refractivity contribution is 7.80. The van der Waals surface area contributed by atoms with Crippen molar-refractivity contribution in [1.29, 1.82) is 5.26 Å². The molecule has 0 radical (unpaired) electrons. The fourth-order valence-corrected chi connectivity index (χ4v) is 1.98. The third-order valence-electron chi connectivity index (χ3n) is 2.91. The van der Waals surface area contributed by atoms with Crippen LogP contribution in [-0.2, 0) is 0 Å². The van der Waals surface area contributed by atoms with E-state index in [4.69, 9.17) is 23.2 Å². The number of nitrogens with zero attached hydrogens (tertiary/aromatic N) is 5. The molecule has 2 heterocycles. The van der Waals surface area contributed by atoms with Crippen molar-refractivity contribution >= 4 is 34.2 Å². The van der Waals surface area contributed by atoms with E-state index < -0.39 is 0 Å². The molecule has 3 aromatic rings. The van der Waals surface area contributed by atoms with E-state index >= 15 is 0 Å². The van der Waals surface area contributed by atoms with Gasteiger partial charge in [-0.3, -0.25) is 10.9 Å². The van der Waals surface area contributed by atoms with Crippen LogP contribution >= 0.6 is 12.2 Å². The second-order valence-electron chi connectivity index (χ2n) is 4.29. The number of rotatable bonds is 3. The molecule has 2 aromatic heterocycles. The van der Waals surface area contributed by atoms with E-state index in [1.54, 1.807) is 35.1 Å². The molecule has 0 amide bonds. The first-order valence-electron chi connectivity index (χ1n) is 6.20. The standard InChI is InChI=1S/C13H10N8S/c14-5-8-1-3-9(4-2-8)21-12-10(6-18-21)11(16-7-17-12)19-20-13(15)22/h1-4,6-7H,(H3,15,20,22)(H,16,17,19). The molecule has 3 rings (SSSR count). The fraction of sp³-hybridized carbons (Fsp3) is 0. The first kappa shape index (κ1) is 13.7. The number of hydrogen-bond donors (Lipinski definition) is 3. The summed E-state index contributed by atoms with van der Waals surface area (Å²) in [5.41, 5.74) is 12.8. The summed E-state index contributed by atoms with van der Waals surface area (Å²) in [5.74, 6) is 0.512. The van der Waals surface area contributed by atoms with E-state index in [9.17, 15) is 0 Å². The summed E-state index contributed by atoms with van der Waals surface area (Å²) >= 11 is 4.74. The topological polar surface area (TPSA) is 117 Å². The fourth-order valence-electron chi connectivity index (χ4n) is 1.93. The van der Waals surface area contributed by atoms with Gasteiger partial charge in [0.2, 0.25) is 0 Å². The molecule has 9 heteroatoms. The monoisotopic (exact) mass is 310 g/mol. The zero-order valence-corrected chi connectivity index (χ0v) is 12.0. The van der Waals surface area contributed by atoms with Crippen molar-refractivity contribution in [2.75, 3.05) is 5.43 Å². The van der Waals surface area contributed by atoms with Gasteiger partial charge < -0.3 is 5.73 Å². The lowest BCUT2D eigenvalue weighted by Gasteiger charge is -2.07. The number of aromatic nitrogens is 4. The minimum absolute atomic E-state index is 0.103. The molecular weight excluding hydrogens is 300 g/mol. The van der Waals surface area contributed by atoms with Crippen LogP contribution in [0.5, 0.6) is 0 Å². The summed E-state index contributed by atoms with van der Waals surface area (Å²) in [4.78, 5) is 8.36. The van der Waals surface area contributed by atoms with Crippen LogP contribution in [0.3, 0.4) is 0 Å². The van der Waals surface area contributed by atoms with Crippen LogP contribution in [0.15, 0.2) is 36.8 Å². The molecular formula is C13H10N8S. The van der Waals surface area contributed by atoms with Crippen molar-refractivity contribution < 1.29 is 0 Å². The average Bonchev–Trinajstić information content (AvgIpc) is 2.97. The molecule has 4 N–H and O–H groups in total.